The number of hydrogen-bond donors (Lipinski definition) is 0. The van der Waals surface area contributed by atoms with E-state index in [1.54, 1.807) is 0 Å². The molecule has 0 spiro atoms. The number of benzene rings is 9. The number of hydrogen-bond acceptors (Lipinski definition) is 5. The zero-order valence-electron chi connectivity index (χ0n) is 33.7. The van der Waals surface area contributed by atoms with Gasteiger partial charge in [0.2, 0.25) is 0 Å². The van der Waals surface area contributed by atoms with E-state index in [0.29, 0.717) is 17.5 Å². The molecule has 6 nitrogen and oxygen atoms in total. The van der Waals surface area contributed by atoms with E-state index in [0.717, 1.165) is 99.5 Å². The maximum Gasteiger partial charge on any atom is 0.164 e. The summed E-state index contributed by atoms with van der Waals surface area (Å²) in [6.07, 6.45) is 0. The molecule has 0 aliphatic rings. The molecular formula is C57H34N4O2. The molecule has 0 aliphatic carbocycles. The quantitative estimate of drug-likeness (QED) is 0.167. The van der Waals surface area contributed by atoms with E-state index in [1.165, 1.54) is 10.8 Å². The van der Waals surface area contributed by atoms with Crippen molar-refractivity contribution in [3.63, 3.8) is 0 Å². The summed E-state index contributed by atoms with van der Waals surface area (Å²) >= 11 is 0. The van der Waals surface area contributed by atoms with Crippen LogP contribution in [-0.2, 0) is 0 Å². The lowest BCUT2D eigenvalue weighted by molar-refractivity contribution is 0.664. The predicted octanol–water partition coefficient (Wildman–Crippen LogP) is 15.1. The molecule has 4 aromatic heterocycles. The molecule has 13 aromatic rings. The highest BCUT2D eigenvalue weighted by molar-refractivity contribution is 6.16. The molecule has 0 saturated carbocycles. The maximum absolute atomic E-state index is 6.39. The van der Waals surface area contributed by atoms with Crippen molar-refractivity contribution in [2.24, 2.45) is 0 Å². The van der Waals surface area contributed by atoms with Gasteiger partial charge in [-0.15, -0.1) is 0 Å². The van der Waals surface area contributed by atoms with Gasteiger partial charge < -0.3 is 13.4 Å². The average Bonchev–Trinajstić information content (AvgIpc) is 4.02. The molecule has 4 heterocycles. The summed E-state index contributed by atoms with van der Waals surface area (Å²) < 4.78 is 15.0. The van der Waals surface area contributed by atoms with Crippen LogP contribution in [0.4, 0.5) is 0 Å². The number of rotatable bonds is 6. The van der Waals surface area contributed by atoms with Gasteiger partial charge in [0, 0.05) is 54.7 Å². The first kappa shape index (κ1) is 35.2. The highest BCUT2D eigenvalue weighted by atomic mass is 16.3. The summed E-state index contributed by atoms with van der Waals surface area (Å²) in [5.74, 6) is 1.94. The van der Waals surface area contributed by atoms with Gasteiger partial charge in [-0.25, -0.2) is 15.0 Å². The second-order valence-corrected chi connectivity index (χ2v) is 16.0. The molecule has 0 radical (unpaired) electrons. The summed E-state index contributed by atoms with van der Waals surface area (Å²) in [6, 6.07) is 71.8. The van der Waals surface area contributed by atoms with E-state index < -0.39 is 0 Å². The normalized spacial score (nSPS) is 11.8. The van der Waals surface area contributed by atoms with E-state index in [-0.39, 0.29) is 0 Å². The van der Waals surface area contributed by atoms with E-state index in [9.17, 15) is 0 Å². The van der Waals surface area contributed by atoms with Crippen molar-refractivity contribution in [1.29, 1.82) is 0 Å². The Kier molecular flexibility index (Phi) is 7.80. The zero-order valence-corrected chi connectivity index (χ0v) is 33.7. The van der Waals surface area contributed by atoms with Gasteiger partial charge in [0.1, 0.15) is 22.3 Å². The Hall–Kier alpha value is -8.61. The highest BCUT2D eigenvalue weighted by Gasteiger charge is 2.17. The lowest BCUT2D eigenvalue weighted by Gasteiger charge is -2.11. The lowest BCUT2D eigenvalue weighted by Crippen LogP contribution is -2.00. The van der Waals surface area contributed by atoms with Crippen LogP contribution in [0.5, 0.6) is 0 Å². The van der Waals surface area contributed by atoms with Gasteiger partial charge in [-0.3, -0.25) is 0 Å². The fourth-order valence-corrected chi connectivity index (χ4v) is 9.16. The molecule has 9 aromatic carbocycles. The smallest absolute Gasteiger partial charge is 0.164 e. The van der Waals surface area contributed by atoms with E-state index in [2.05, 4.69) is 132 Å². The molecule has 13 rings (SSSR count). The number of nitrogens with zero attached hydrogens (tertiary/aromatic N) is 4. The van der Waals surface area contributed by atoms with Crippen molar-refractivity contribution in [2.75, 3.05) is 0 Å². The van der Waals surface area contributed by atoms with Gasteiger partial charge in [0.25, 0.3) is 0 Å². The standard InChI is InChI=1S/C57H34N4O2/c1-3-11-37(12-4-1)55-58-56(38-13-5-2-6-14-38)60-57(59-55)39-21-19-35(20-22-39)36-23-27-42(28-24-36)61-49-17-9-7-15-43(49)45-31-40(25-29-50(45)61)41-26-30-52-46(32-41)48-34-53-47(33-54(48)63-52)44-16-8-10-18-51(44)62-53/h1-34H. The minimum absolute atomic E-state index is 0.638. The minimum Gasteiger partial charge on any atom is -0.456 e. The van der Waals surface area contributed by atoms with Crippen LogP contribution in [0.15, 0.2) is 215 Å². The van der Waals surface area contributed by atoms with Crippen molar-refractivity contribution in [1.82, 2.24) is 19.5 Å². The van der Waals surface area contributed by atoms with Crippen molar-refractivity contribution in [3.05, 3.63) is 206 Å². The third-order valence-corrected chi connectivity index (χ3v) is 12.3. The van der Waals surface area contributed by atoms with Crippen LogP contribution in [0.1, 0.15) is 0 Å². The Bertz CT molecular complexity index is 3830. The summed E-state index contributed by atoms with van der Waals surface area (Å²) in [7, 11) is 0. The molecule has 0 bridgehead atoms. The molecule has 0 aliphatic heterocycles. The fourth-order valence-electron chi connectivity index (χ4n) is 9.16. The van der Waals surface area contributed by atoms with Crippen LogP contribution in [0.25, 0.3) is 128 Å². The monoisotopic (exact) mass is 806 g/mol. The average molecular weight is 807 g/mol. The first-order valence-electron chi connectivity index (χ1n) is 21.1. The number of fused-ring (bicyclic) bond motifs is 9. The number of furan rings is 2. The maximum atomic E-state index is 6.39. The molecule has 0 unspecified atom stereocenters. The van der Waals surface area contributed by atoms with Gasteiger partial charge in [-0.2, -0.15) is 0 Å². The summed E-state index contributed by atoms with van der Waals surface area (Å²) in [4.78, 5) is 14.7. The van der Waals surface area contributed by atoms with Crippen molar-refractivity contribution < 1.29 is 8.83 Å². The fraction of sp³-hybridized carbons (Fsp3) is 0. The molecule has 6 heteroatoms. The van der Waals surface area contributed by atoms with E-state index >= 15 is 0 Å². The Balaban J connectivity index is 0.835. The molecule has 0 saturated heterocycles. The van der Waals surface area contributed by atoms with Crippen LogP contribution in [-0.4, -0.2) is 19.5 Å². The van der Waals surface area contributed by atoms with Crippen LogP contribution in [0.3, 0.4) is 0 Å². The molecule has 0 fully saturated rings. The van der Waals surface area contributed by atoms with Crippen LogP contribution >= 0.6 is 0 Å². The molecule has 0 atom stereocenters. The Morgan fingerprint density at radius 3 is 1.35 bits per heavy atom. The summed E-state index contributed by atoms with van der Waals surface area (Å²) in [6.45, 7) is 0. The Morgan fingerprint density at radius 2 is 0.698 bits per heavy atom. The third-order valence-electron chi connectivity index (χ3n) is 12.3. The van der Waals surface area contributed by atoms with Gasteiger partial charge in [0.15, 0.2) is 17.5 Å². The second-order valence-electron chi connectivity index (χ2n) is 16.0. The summed E-state index contributed by atoms with van der Waals surface area (Å²) in [5.41, 5.74) is 14.2. The lowest BCUT2D eigenvalue weighted by atomic mass is 10.0. The van der Waals surface area contributed by atoms with Crippen molar-refractivity contribution in [2.45, 2.75) is 0 Å². The van der Waals surface area contributed by atoms with Gasteiger partial charge in [-0.05, 0) is 82.9 Å². The van der Waals surface area contributed by atoms with Crippen LogP contribution in [0, 0.1) is 0 Å². The Labute approximate surface area is 361 Å². The van der Waals surface area contributed by atoms with Crippen molar-refractivity contribution in [3.8, 4) is 62.1 Å². The molecule has 0 N–H and O–H groups in total. The largest absolute Gasteiger partial charge is 0.456 e. The van der Waals surface area contributed by atoms with E-state index in [1.807, 2.05) is 78.9 Å². The molecule has 0 amide bonds. The molecule has 63 heavy (non-hydrogen) atoms. The molecular weight excluding hydrogens is 773 g/mol. The highest BCUT2D eigenvalue weighted by Crippen LogP contribution is 2.40. The predicted molar refractivity (Wildman–Crippen MR) is 256 cm³/mol. The molecule has 294 valence electrons. The number of para-hydroxylation sites is 2. The zero-order chi connectivity index (χ0) is 41.4. The second kappa shape index (κ2) is 14.0. The topological polar surface area (TPSA) is 69.9 Å². The van der Waals surface area contributed by atoms with Crippen LogP contribution in [0.2, 0.25) is 0 Å². The SMILES string of the molecule is c1ccc(-c2nc(-c3ccccc3)nc(-c3ccc(-c4ccc(-n5c6ccccc6c6cc(-c7ccc8oc9cc%10c(cc9c8c7)oc7ccccc7%10)ccc65)cc4)cc3)n2)cc1. The summed E-state index contributed by atoms with van der Waals surface area (Å²) in [5, 5.41) is 6.69. The van der Waals surface area contributed by atoms with E-state index in [4.69, 9.17) is 23.8 Å². The first-order valence-corrected chi connectivity index (χ1v) is 21.1. The van der Waals surface area contributed by atoms with Gasteiger partial charge in [-0.1, -0.05) is 146 Å². The van der Waals surface area contributed by atoms with Crippen molar-refractivity contribution >= 4 is 65.7 Å². The minimum atomic E-state index is 0.638. The number of aromatic nitrogens is 4. The Morgan fingerprint density at radius 1 is 0.270 bits per heavy atom. The van der Waals surface area contributed by atoms with Crippen LogP contribution < -0.4 is 0 Å². The van der Waals surface area contributed by atoms with Gasteiger partial charge >= 0.3 is 0 Å². The first-order chi connectivity index (χ1) is 31.2. The third kappa shape index (κ3) is 5.84. The van der Waals surface area contributed by atoms with Gasteiger partial charge in [0.05, 0.1) is 11.0 Å².